The highest BCUT2D eigenvalue weighted by Crippen LogP contribution is 2.37. The highest BCUT2D eigenvalue weighted by molar-refractivity contribution is 7.98. The zero-order valence-corrected chi connectivity index (χ0v) is 8.63. The van der Waals surface area contributed by atoms with Crippen LogP contribution < -0.4 is 4.74 Å². The molecule has 0 atom stereocenters. The molecule has 0 heterocycles. The van der Waals surface area contributed by atoms with Crippen LogP contribution in [0.15, 0.2) is 23.1 Å². The Morgan fingerprint density at radius 3 is 2.50 bits per heavy atom. The Bertz CT molecular complexity index is 327. The van der Waals surface area contributed by atoms with Gasteiger partial charge in [0.05, 0.1) is 9.92 Å². The van der Waals surface area contributed by atoms with E-state index in [2.05, 4.69) is 4.74 Å². The van der Waals surface area contributed by atoms with Crippen molar-refractivity contribution in [3.8, 4) is 5.75 Å². The first kappa shape index (κ1) is 11.5. The lowest BCUT2D eigenvalue weighted by Gasteiger charge is -2.12. The van der Waals surface area contributed by atoms with Gasteiger partial charge in [-0.3, -0.25) is 0 Å². The molecule has 1 aromatic rings. The maximum atomic E-state index is 11.9. The molecule has 1 nitrogen and oxygen atoms in total. The molecule has 0 radical (unpaired) electrons. The molecule has 0 aromatic heterocycles. The molecule has 0 aliphatic carbocycles. The first-order valence-electron chi connectivity index (χ1n) is 3.52. The van der Waals surface area contributed by atoms with E-state index in [0.717, 1.165) is 11.8 Å². The van der Waals surface area contributed by atoms with Gasteiger partial charge in [-0.05, 0) is 18.4 Å². The fourth-order valence-electron chi connectivity index (χ4n) is 0.865. The summed E-state index contributed by atoms with van der Waals surface area (Å²) in [6.45, 7) is 0. The largest absolute Gasteiger partial charge is 0.573 e. The van der Waals surface area contributed by atoms with Gasteiger partial charge in [0.25, 0.3) is 0 Å². The summed E-state index contributed by atoms with van der Waals surface area (Å²) in [6.07, 6.45) is -3.07. The first-order chi connectivity index (χ1) is 6.44. The summed E-state index contributed by atoms with van der Waals surface area (Å²) in [6, 6.07) is 4.43. The number of hydrogen-bond acceptors (Lipinski definition) is 2. The van der Waals surface area contributed by atoms with E-state index in [9.17, 15) is 13.2 Å². The van der Waals surface area contributed by atoms with Crippen LogP contribution in [0.2, 0.25) is 5.02 Å². The van der Waals surface area contributed by atoms with E-state index in [1.54, 1.807) is 12.3 Å². The number of ether oxygens (including phenoxy) is 1. The van der Waals surface area contributed by atoms with Crippen LogP contribution >= 0.6 is 23.4 Å². The minimum atomic E-state index is -4.71. The SMILES string of the molecule is CSc1cccc(Cl)c1OC(F)(F)F. The molecule has 0 aliphatic rings. The zero-order valence-electron chi connectivity index (χ0n) is 7.06. The van der Waals surface area contributed by atoms with Crippen molar-refractivity contribution in [2.24, 2.45) is 0 Å². The highest BCUT2D eigenvalue weighted by atomic mass is 35.5. The second kappa shape index (κ2) is 4.31. The number of para-hydroxylation sites is 1. The molecule has 0 N–H and O–H groups in total. The summed E-state index contributed by atoms with van der Waals surface area (Å²) in [5, 5.41) is -0.0471. The van der Waals surface area contributed by atoms with Crippen molar-refractivity contribution in [1.82, 2.24) is 0 Å². The average Bonchev–Trinajstić information content (AvgIpc) is 2.06. The van der Waals surface area contributed by atoms with Gasteiger partial charge in [0.2, 0.25) is 0 Å². The second-order valence-corrected chi connectivity index (χ2v) is 3.57. The van der Waals surface area contributed by atoms with Crippen LogP contribution in [0, 0.1) is 0 Å². The van der Waals surface area contributed by atoms with Crippen LogP contribution in [-0.2, 0) is 0 Å². The molecule has 0 bridgehead atoms. The number of hydrogen-bond donors (Lipinski definition) is 0. The van der Waals surface area contributed by atoms with Crippen molar-refractivity contribution < 1.29 is 17.9 Å². The van der Waals surface area contributed by atoms with E-state index in [1.807, 2.05) is 0 Å². The first-order valence-corrected chi connectivity index (χ1v) is 5.12. The fraction of sp³-hybridized carbons (Fsp3) is 0.250. The molecule has 0 aliphatic heterocycles. The van der Waals surface area contributed by atoms with Crippen molar-refractivity contribution in [3.63, 3.8) is 0 Å². The topological polar surface area (TPSA) is 9.23 Å². The van der Waals surface area contributed by atoms with E-state index < -0.39 is 6.36 Å². The third kappa shape index (κ3) is 2.99. The number of alkyl halides is 3. The maximum absolute atomic E-state index is 11.9. The van der Waals surface area contributed by atoms with Crippen LogP contribution in [0.4, 0.5) is 13.2 Å². The molecule has 0 unspecified atom stereocenters. The van der Waals surface area contributed by atoms with E-state index in [4.69, 9.17) is 11.6 Å². The van der Waals surface area contributed by atoms with Gasteiger partial charge >= 0.3 is 6.36 Å². The molecule has 6 heteroatoms. The van der Waals surface area contributed by atoms with Gasteiger partial charge in [-0.25, -0.2) is 0 Å². The summed E-state index contributed by atoms with van der Waals surface area (Å²) >= 11 is 6.72. The predicted molar refractivity (Wildman–Crippen MR) is 49.9 cm³/mol. The third-order valence-corrected chi connectivity index (χ3v) is 2.43. The molecule has 0 fully saturated rings. The molecular weight excluding hydrogens is 237 g/mol. The van der Waals surface area contributed by atoms with E-state index in [-0.39, 0.29) is 10.8 Å². The van der Waals surface area contributed by atoms with Crippen molar-refractivity contribution in [2.75, 3.05) is 6.26 Å². The molecule has 14 heavy (non-hydrogen) atoms. The van der Waals surface area contributed by atoms with E-state index >= 15 is 0 Å². The molecular formula is C8H6ClF3OS. The van der Waals surface area contributed by atoms with Gasteiger partial charge in [0.15, 0.2) is 5.75 Å². The Kier molecular flexibility index (Phi) is 3.55. The maximum Gasteiger partial charge on any atom is 0.573 e. The monoisotopic (exact) mass is 242 g/mol. The van der Waals surface area contributed by atoms with E-state index in [1.165, 1.54) is 12.1 Å². The minimum absolute atomic E-state index is 0.0471. The number of halogens is 4. The smallest absolute Gasteiger partial charge is 0.403 e. The standard InChI is InChI=1S/C8H6ClF3OS/c1-14-6-4-2-3-5(9)7(6)13-8(10,11)12/h2-4H,1H3. The Labute approximate surface area is 88.2 Å². The van der Waals surface area contributed by atoms with E-state index in [0.29, 0.717) is 4.90 Å². The number of thioether (sulfide) groups is 1. The summed E-state index contributed by atoms with van der Waals surface area (Å²) in [5.41, 5.74) is 0. The van der Waals surface area contributed by atoms with Gasteiger partial charge in [0.1, 0.15) is 0 Å². The lowest BCUT2D eigenvalue weighted by atomic mass is 10.3. The molecule has 1 aromatic carbocycles. The highest BCUT2D eigenvalue weighted by Gasteiger charge is 2.33. The molecule has 0 saturated heterocycles. The van der Waals surface area contributed by atoms with Gasteiger partial charge in [0, 0.05) is 0 Å². The molecule has 1 rings (SSSR count). The van der Waals surface area contributed by atoms with Crippen LogP contribution in [0.5, 0.6) is 5.75 Å². The minimum Gasteiger partial charge on any atom is -0.403 e. The van der Waals surface area contributed by atoms with Gasteiger partial charge in [-0.1, -0.05) is 17.7 Å². The van der Waals surface area contributed by atoms with Crippen LogP contribution in [-0.4, -0.2) is 12.6 Å². The Hall–Kier alpha value is -0.550. The van der Waals surface area contributed by atoms with Crippen molar-refractivity contribution in [2.45, 2.75) is 11.3 Å². The lowest BCUT2D eigenvalue weighted by molar-refractivity contribution is -0.275. The van der Waals surface area contributed by atoms with Gasteiger partial charge in [-0.15, -0.1) is 24.9 Å². The molecule has 0 saturated carbocycles. The zero-order chi connectivity index (χ0) is 10.8. The summed E-state index contributed by atoms with van der Waals surface area (Å²) < 4.78 is 39.6. The Morgan fingerprint density at radius 1 is 1.36 bits per heavy atom. The predicted octanol–water partition coefficient (Wildman–Crippen LogP) is 3.96. The van der Waals surface area contributed by atoms with Crippen molar-refractivity contribution in [1.29, 1.82) is 0 Å². The molecule has 78 valence electrons. The Morgan fingerprint density at radius 2 is 2.00 bits per heavy atom. The lowest BCUT2D eigenvalue weighted by Crippen LogP contribution is -2.17. The van der Waals surface area contributed by atoms with Gasteiger partial charge < -0.3 is 4.74 Å². The summed E-state index contributed by atoms with van der Waals surface area (Å²) in [7, 11) is 0. The normalized spacial score (nSPS) is 11.5. The molecule has 0 amide bonds. The fourth-order valence-corrected chi connectivity index (χ4v) is 1.69. The van der Waals surface area contributed by atoms with Crippen molar-refractivity contribution >= 4 is 23.4 Å². The van der Waals surface area contributed by atoms with Gasteiger partial charge in [-0.2, -0.15) is 0 Å². The van der Waals surface area contributed by atoms with Crippen molar-refractivity contribution in [3.05, 3.63) is 23.2 Å². The summed E-state index contributed by atoms with van der Waals surface area (Å²) in [4.78, 5) is 0.356. The molecule has 0 spiro atoms. The number of benzene rings is 1. The average molecular weight is 243 g/mol. The van der Waals surface area contributed by atoms with Crippen LogP contribution in [0.3, 0.4) is 0 Å². The Balaban J connectivity index is 3.05. The van der Waals surface area contributed by atoms with Crippen LogP contribution in [0.1, 0.15) is 0 Å². The number of rotatable bonds is 2. The second-order valence-electron chi connectivity index (χ2n) is 2.32. The summed E-state index contributed by atoms with van der Waals surface area (Å²) in [5.74, 6) is -0.339. The van der Waals surface area contributed by atoms with Crippen LogP contribution in [0.25, 0.3) is 0 Å². The quantitative estimate of drug-likeness (QED) is 0.726. The third-order valence-electron chi connectivity index (χ3n) is 1.37.